The number of phenols is 1. The first-order chi connectivity index (χ1) is 8.13. The smallest absolute Gasteiger partial charge is 0.223 e. The van der Waals surface area contributed by atoms with Crippen molar-refractivity contribution in [2.75, 3.05) is 20.1 Å². The molecule has 0 spiro atoms. The molecule has 1 aromatic rings. The third-order valence-electron chi connectivity index (χ3n) is 2.55. The van der Waals surface area contributed by atoms with Gasteiger partial charge >= 0.3 is 0 Å². The second-order valence-corrected chi connectivity index (χ2v) is 4.02. The molecule has 4 heteroatoms. The molecule has 1 amide bonds. The summed E-state index contributed by atoms with van der Waals surface area (Å²) in [5.74, 6) is 0.369. The van der Waals surface area contributed by atoms with Gasteiger partial charge in [0, 0.05) is 26.6 Å². The summed E-state index contributed by atoms with van der Waals surface area (Å²) in [4.78, 5) is 13.4. The van der Waals surface area contributed by atoms with E-state index >= 15 is 0 Å². The zero-order valence-corrected chi connectivity index (χ0v) is 10.4. The average molecular weight is 236 g/mol. The third-order valence-corrected chi connectivity index (χ3v) is 2.55. The maximum Gasteiger partial charge on any atom is 0.223 e. The number of nitrogens with zero attached hydrogens (tertiary/aromatic N) is 1. The largest absolute Gasteiger partial charge is 0.508 e. The van der Waals surface area contributed by atoms with E-state index in [1.165, 1.54) is 0 Å². The number of benzene rings is 1. The summed E-state index contributed by atoms with van der Waals surface area (Å²) in [5.41, 5.74) is 1.02. The van der Waals surface area contributed by atoms with E-state index in [4.69, 9.17) is 5.11 Å². The molecule has 0 atom stereocenters. The van der Waals surface area contributed by atoms with E-state index in [0.29, 0.717) is 13.0 Å². The van der Waals surface area contributed by atoms with E-state index in [1.807, 2.05) is 19.1 Å². The normalized spacial score (nSPS) is 10.2. The molecule has 2 N–H and O–H groups in total. The van der Waals surface area contributed by atoms with Crippen molar-refractivity contribution in [1.82, 2.24) is 10.2 Å². The molecule has 0 fully saturated rings. The monoisotopic (exact) mass is 236 g/mol. The topological polar surface area (TPSA) is 52.6 Å². The molecule has 0 bridgehead atoms. The van der Waals surface area contributed by atoms with Crippen LogP contribution in [0.3, 0.4) is 0 Å². The molecule has 0 heterocycles. The molecule has 0 aromatic heterocycles. The highest BCUT2D eigenvalue weighted by molar-refractivity contribution is 5.76. The number of rotatable bonds is 6. The van der Waals surface area contributed by atoms with Gasteiger partial charge in [-0.05, 0) is 24.2 Å². The van der Waals surface area contributed by atoms with Gasteiger partial charge in [-0.3, -0.25) is 4.79 Å². The van der Waals surface area contributed by atoms with Gasteiger partial charge in [-0.15, -0.1) is 0 Å². The van der Waals surface area contributed by atoms with Crippen LogP contribution in [-0.2, 0) is 11.3 Å². The number of hydrogen-bond donors (Lipinski definition) is 2. The molecule has 1 rings (SSSR count). The lowest BCUT2D eigenvalue weighted by Crippen LogP contribution is -2.29. The van der Waals surface area contributed by atoms with Crippen LogP contribution < -0.4 is 5.32 Å². The summed E-state index contributed by atoms with van der Waals surface area (Å²) in [7, 11) is 1.79. The highest BCUT2D eigenvalue weighted by Gasteiger charge is 2.08. The Morgan fingerprint density at radius 2 is 2.00 bits per heavy atom. The second-order valence-electron chi connectivity index (χ2n) is 4.02. The summed E-state index contributed by atoms with van der Waals surface area (Å²) in [6.45, 7) is 4.19. The number of hydrogen-bond acceptors (Lipinski definition) is 3. The molecule has 0 saturated carbocycles. The van der Waals surface area contributed by atoms with E-state index in [1.54, 1.807) is 24.1 Å². The highest BCUT2D eigenvalue weighted by Crippen LogP contribution is 2.11. The van der Waals surface area contributed by atoms with Gasteiger partial charge in [-0.25, -0.2) is 0 Å². The average Bonchev–Trinajstić information content (AvgIpc) is 2.32. The number of amides is 1. The third kappa shape index (κ3) is 4.87. The van der Waals surface area contributed by atoms with Crippen LogP contribution in [0.4, 0.5) is 0 Å². The zero-order chi connectivity index (χ0) is 12.7. The van der Waals surface area contributed by atoms with Crippen molar-refractivity contribution < 1.29 is 9.90 Å². The fourth-order valence-corrected chi connectivity index (χ4v) is 1.53. The first kappa shape index (κ1) is 13.5. The lowest BCUT2D eigenvalue weighted by Gasteiger charge is -2.17. The van der Waals surface area contributed by atoms with Gasteiger partial charge in [0.25, 0.3) is 0 Å². The number of carbonyl (C=O) groups excluding carboxylic acids is 1. The molecule has 4 nitrogen and oxygen atoms in total. The summed E-state index contributed by atoms with van der Waals surface area (Å²) in [5, 5.41) is 12.3. The van der Waals surface area contributed by atoms with Crippen LogP contribution in [0.2, 0.25) is 0 Å². The summed E-state index contributed by atoms with van der Waals surface area (Å²) >= 11 is 0. The Labute approximate surface area is 102 Å². The Morgan fingerprint density at radius 1 is 1.35 bits per heavy atom. The van der Waals surface area contributed by atoms with Crippen molar-refractivity contribution in [3.63, 3.8) is 0 Å². The Kier molecular flexibility index (Phi) is 5.49. The fourth-order valence-electron chi connectivity index (χ4n) is 1.53. The molecule has 1 aromatic carbocycles. The molecule has 0 aliphatic heterocycles. The van der Waals surface area contributed by atoms with E-state index in [2.05, 4.69) is 5.32 Å². The van der Waals surface area contributed by atoms with Gasteiger partial charge in [0.1, 0.15) is 5.75 Å². The van der Waals surface area contributed by atoms with Gasteiger partial charge in [0.05, 0.1) is 0 Å². The highest BCUT2D eigenvalue weighted by atomic mass is 16.3. The molecule has 0 aliphatic rings. The van der Waals surface area contributed by atoms with Crippen molar-refractivity contribution in [3.8, 4) is 5.75 Å². The Morgan fingerprint density at radius 3 is 2.59 bits per heavy atom. The molecule has 0 aliphatic carbocycles. The molecule has 17 heavy (non-hydrogen) atoms. The standard InChI is InChI=1S/C13H20N2O2/c1-3-14-9-8-13(17)15(2)10-11-4-6-12(16)7-5-11/h4-7,14,16H,3,8-10H2,1-2H3. The van der Waals surface area contributed by atoms with Crippen molar-refractivity contribution in [2.45, 2.75) is 19.9 Å². The van der Waals surface area contributed by atoms with Crippen LogP contribution in [0.15, 0.2) is 24.3 Å². The lowest BCUT2D eigenvalue weighted by atomic mass is 10.2. The van der Waals surface area contributed by atoms with Crippen LogP contribution in [0, 0.1) is 0 Å². The van der Waals surface area contributed by atoms with Gasteiger partial charge in [0.2, 0.25) is 5.91 Å². The maximum absolute atomic E-state index is 11.7. The quantitative estimate of drug-likeness (QED) is 0.733. The predicted molar refractivity (Wildman–Crippen MR) is 67.7 cm³/mol. The Hall–Kier alpha value is -1.55. The van der Waals surface area contributed by atoms with Gasteiger partial charge in [0.15, 0.2) is 0 Å². The van der Waals surface area contributed by atoms with Crippen LogP contribution in [0.5, 0.6) is 5.75 Å². The van der Waals surface area contributed by atoms with E-state index in [0.717, 1.165) is 18.7 Å². The van der Waals surface area contributed by atoms with Crippen LogP contribution >= 0.6 is 0 Å². The van der Waals surface area contributed by atoms with Gasteiger partial charge in [-0.2, -0.15) is 0 Å². The summed E-state index contributed by atoms with van der Waals surface area (Å²) in [6.07, 6.45) is 0.516. The minimum Gasteiger partial charge on any atom is -0.508 e. The molecule has 94 valence electrons. The molecular formula is C13H20N2O2. The number of carbonyl (C=O) groups is 1. The van der Waals surface area contributed by atoms with Crippen LogP contribution in [0.25, 0.3) is 0 Å². The summed E-state index contributed by atoms with van der Waals surface area (Å²) < 4.78 is 0. The minimum atomic E-state index is 0.124. The molecule has 0 saturated heterocycles. The van der Waals surface area contributed by atoms with Gasteiger partial charge in [-0.1, -0.05) is 19.1 Å². The predicted octanol–water partition coefficient (Wildman–Crippen LogP) is 1.35. The fraction of sp³-hybridized carbons (Fsp3) is 0.462. The second kappa shape index (κ2) is 6.91. The van der Waals surface area contributed by atoms with Crippen LogP contribution in [0.1, 0.15) is 18.9 Å². The van der Waals surface area contributed by atoms with Crippen LogP contribution in [-0.4, -0.2) is 36.1 Å². The molecular weight excluding hydrogens is 216 g/mol. The lowest BCUT2D eigenvalue weighted by molar-refractivity contribution is -0.130. The zero-order valence-electron chi connectivity index (χ0n) is 10.4. The van der Waals surface area contributed by atoms with E-state index in [-0.39, 0.29) is 11.7 Å². The number of nitrogens with one attached hydrogen (secondary N) is 1. The van der Waals surface area contributed by atoms with Crippen molar-refractivity contribution in [3.05, 3.63) is 29.8 Å². The van der Waals surface area contributed by atoms with E-state index < -0.39 is 0 Å². The van der Waals surface area contributed by atoms with Crippen molar-refractivity contribution in [1.29, 1.82) is 0 Å². The SMILES string of the molecule is CCNCCC(=O)N(C)Cc1ccc(O)cc1. The Balaban J connectivity index is 2.40. The Bertz CT molecular complexity index is 349. The first-order valence-electron chi connectivity index (χ1n) is 5.86. The van der Waals surface area contributed by atoms with Gasteiger partial charge < -0.3 is 15.3 Å². The first-order valence-corrected chi connectivity index (χ1v) is 5.86. The molecule has 0 unspecified atom stereocenters. The van der Waals surface area contributed by atoms with Crippen molar-refractivity contribution >= 4 is 5.91 Å². The maximum atomic E-state index is 11.7. The summed E-state index contributed by atoms with van der Waals surface area (Å²) in [6, 6.07) is 6.91. The minimum absolute atomic E-state index is 0.124. The van der Waals surface area contributed by atoms with E-state index in [9.17, 15) is 4.79 Å². The van der Waals surface area contributed by atoms with Crippen molar-refractivity contribution in [2.24, 2.45) is 0 Å². The number of aromatic hydroxyl groups is 1. The molecule has 0 radical (unpaired) electrons. The number of phenolic OH excluding ortho intramolecular Hbond substituents is 1.